The Morgan fingerprint density at radius 2 is 1.90 bits per heavy atom. The zero-order chi connectivity index (χ0) is 28.2. The molecule has 14 heteroatoms. The number of nitrogens with zero attached hydrogens (tertiary/aromatic N) is 7. The van der Waals surface area contributed by atoms with Crippen LogP contribution in [0.5, 0.6) is 11.5 Å². The molecule has 0 spiro atoms. The van der Waals surface area contributed by atoms with E-state index in [2.05, 4.69) is 35.6 Å². The van der Waals surface area contributed by atoms with Gasteiger partial charge in [0.2, 0.25) is 5.95 Å². The standard InChI is InChI=1S/C26H25ClF3N9O/c1-31-23-21-19(13-34-39(21)8-6-32-23)40-18-12-33-24-22(20(18)27)38(3)25(36-24)35-16-10-14(17-5-4-7-37(17)2)9-15(11-16)26(28,29)30/h6,8-13,17H,4-5,7H2,1-3H3,(H,31,32)(H,33,35,36). The number of nitrogens with one attached hydrogen (secondary N) is 2. The number of halogens is 4. The first kappa shape index (κ1) is 26.1. The lowest BCUT2D eigenvalue weighted by Gasteiger charge is -2.22. The number of aryl methyl sites for hydroxylation is 1. The molecule has 1 atom stereocenters. The van der Waals surface area contributed by atoms with Gasteiger partial charge in [-0.1, -0.05) is 11.6 Å². The summed E-state index contributed by atoms with van der Waals surface area (Å²) in [5.41, 5.74) is 1.53. The fourth-order valence-electron chi connectivity index (χ4n) is 5.13. The van der Waals surface area contributed by atoms with E-state index in [0.717, 1.165) is 25.5 Å². The van der Waals surface area contributed by atoms with Crippen LogP contribution < -0.4 is 15.4 Å². The van der Waals surface area contributed by atoms with E-state index in [-0.39, 0.29) is 28.4 Å². The Morgan fingerprint density at radius 1 is 1.07 bits per heavy atom. The number of likely N-dealkylation sites (tertiary alicyclic amines) is 1. The van der Waals surface area contributed by atoms with Crippen molar-refractivity contribution in [1.82, 2.24) is 34.0 Å². The van der Waals surface area contributed by atoms with Gasteiger partial charge in [-0.3, -0.25) is 4.90 Å². The van der Waals surface area contributed by atoms with Gasteiger partial charge in [-0.2, -0.15) is 23.3 Å². The lowest BCUT2D eigenvalue weighted by atomic mass is 10.0. The smallest absolute Gasteiger partial charge is 0.416 e. The summed E-state index contributed by atoms with van der Waals surface area (Å²) >= 11 is 6.75. The van der Waals surface area contributed by atoms with Crippen LogP contribution in [-0.2, 0) is 13.2 Å². The van der Waals surface area contributed by atoms with Gasteiger partial charge >= 0.3 is 6.18 Å². The number of hydrogen-bond donors (Lipinski definition) is 2. The van der Waals surface area contributed by atoms with Crippen molar-refractivity contribution < 1.29 is 17.9 Å². The second-order valence-electron chi connectivity index (χ2n) is 9.64. The van der Waals surface area contributed by atoms with Crippen LogP contribution in [0.1, 0.15) is 30.0 Å². The third-order valence-electron chi connectivity index (χ3n) is 7.10. The molecule has 5 aromatic rings. The highest BCUT2D eigenvalue weighted by molar-refractivity contribution is 6.36. The Bertz CT molecular complexity index is 1730. The number of pyridine rings is 1. The van der Waals surface area contributed by atoms with Gasteiger partial charge in [0.1, 0.15) is 10.5 Å². The van der Waals surface area contributed by atoms with Crippen LogP contribution in [0, 0.1) is 0 Å². The number of rotatable bonds is 6. The van der Waals surface area contributed by atoms with Crippen LogP contribution in [0.3, 0.4) is 0 Å². The number of hydrogen-bond acceptors (Lipinski definition) is 8. The highest BCUT2D eigenvalue weighted by Gasteiger charge is 2.33. The highest BCUT2D eigenvalue weighted by Crippen LogP contribution is 2.40. The summed E-state index contributed by atoms with van der Waals surface area (Å²) in [5.74, 6) is 1.52. The molecule has 5 heterocycles. The highest BCUT2D eigenvalue weighted by atomic mass is 35.5. The molecule has 1 fully saturated rings. The largest absolute Gasteiger partial charge is 0.450 e. The van der Waals surface area contributed by atoms with Crippen LogP contribution >= 0.6 is 11.6 Å². The number of benzene rings is 1. The topological polar surface area (TPSA) is 97.4 Å². The monoisotopic (exact) mass is 571 g/mol. The average Bonchev–Trinajstić information content (AvgIpc) is 3.62. The van der Waals surface area contributed by atoms with Crippen LogP contribution in [0.2, 0.25) is 5.02 Å². The van der Waals surface area contributed by atoms with Crippen molar-refractivity contribution in [2.24, 2.45) is 7.05 Å². The predicted molar refractivity (Wildman–Crippen MR) is 145 cm³/mol. The van der Waals surface area contributed by atoms with Crippen molar-refractivity contribution in [2.45, 2.75) is 25.1 Å². The molecule has 0 amide bonds. The molecule has 1 saturated heterocycles. The third-order valence-corrected chi connectivity index (χ3v) is 7.47. The molecule has 6 rings (SSSR count). The van der Waals surface area contributed by atoms with E-state index >= 15 is 0 Å². The maximum atomic E-state index is 13.8. The van der Waals surface area contributed by atoms with Crippen molar-refractivity contribution in [3.05, 3.63) is 59.1 Å². The zero-order valence-corrected chi connectivity index (χ0v) is 22.5. The quantitative estimate of drug-likeness (QED) is 0.255. The van der Waals surface area contributed by atoms with Crippen molar-refractivity contribution in [2.75, 3.05) is 31.3 Å². The van der Waals surface area contributed by atoms with Crippen LogP contribution in [-0.4, -0.2) is 54.7 Å². The lowest BCUT2D eigenvalue weighted by molar-refractivity contribution is -0.137. The van der Waals surface area contributed by atoms with Crippen LogP contribution in [0.4, 0.5) is 30.6 Å². The summed E-state index contributed by atoms with van der Waals surface area (Å²) < 4.78 is 50.7. The first-order valence-corrected chi connectivity index (χ1v) is 12.9. The summed E-state index contributed by atoms with van der Waals surface area (Å²) in [6.07, 6.45) is 3.52. The Labute approximate surface area is 231 Å². The summed E-state index contributed by atoms with van der Waals surface area (Å²) in [6.45, 7) is 0.838. The van der Waals surface area contributed by atoms with E-state index in [0.29, 0.717) is 33.8 Å². The van der Waals surface area contributed by atoms with E-state index in [1.165, 1.54) is 12.3 Å². The molecule has 1 aliphatic heterocycles. The minimum atomic E-state index is -4.49. The molecule has 0 bridgehead atoms. The second-order valence-corrected chi connectivity index (χ2v) is 10.0. The number of imidazole rings is 1. The number of alkyl halides is 3. The van der Waals surface area contributed by atoms with E-state index in [1.54, 1.807) is 47.8 Å². The maximum absolute atomic E-state index is 13.8. The van der Waals surface area contributed by atoms with E-state index < -0.39 is 11.7 Å². The first-order chi connectivity index (χ1) is 19.1. The van der Waals surface area contributed by atoms with Crippen LogP contribution in [0.25, 0.3) is 16.7 Å². The lowest BCUT2D eigenvalue weighted by Crippen LogP contribution is -2.18. The van der Waals surface area contributed by atoms with Crippen molar-refractivity contribution in [3.8, 4) is 11.5 Å². The van der Waals surface area contributed by atoms with E-state index in [4.69, 9.17) is 16.3 Å². The molecule has 1 aliphatic rings. The van der Waals surface area contributed by atoms with Gasteiger partial charge in [0, 0.05) is 38.2 Å². The fraction of sp³-hybridized carbons (Fsp3) is 0.308. The zero-order valence-electron chi connectivity index (χ0n) is 21.8. The molecular weight excluding hydrogens is 547 g/mol. The summed E-state index contributed by atoms with van der Waals surface area (Å²) in [6, 6.07) is 3.96. The molecule has 10 nitrogen and oxygen atoms in total. The Balaban J connectivity index is 1.36. The number of aromatic nitrogens is 6. The van der Waals surface area contributed by atoms with Crippen molar-refractivity contribution in [1.29, 1.82) is 0 Å². The number of ether oxygens (including phenoxy) is 1. The van der Waals surface area contributed by atoms with Gasteiger partial charge in [0.25, 0.3) is 0 Å². The second kappa shape index (κ2) is 9.82. The Kier molecular flexibility index (Phi) is 6.42. The first-order valence-electron chi connectivity index (χ1n) is 12.5. The Hall–Kier alpha value is -4.10. The Morgan fingerprint density at radius 3 is 2.62 bits per heavy atom. The normalized spacial score (nSPS) is 16.2. The van der Waals surface area contributed by atoms with Gasteiger partial charge in [0.15, 0.2) is 28.5 Å². The SMILES string of the molecule is CNc1nccn2ncc(Oc3cnc4nc(Nc5cc(C6CCCN6C)cc(C(F)(F)F)c5)n(C)c4c3Cl)c12. The summed E-state index contributed by atoms with van der Waals surface area (Å²) in [7, 11) is 5.36. The molecular formula is C26H25ClF3N9O. The number of fused-ring (bicyclic) bond motifs is 2. The molecule has 0 aliphatic carbocycles. The minimum absolute atomic E-state index is 0.0855. The predicted octanol–water partition coefficient (Wildman–Crippen LogP) is 6.03. The van der Waals surface area contributed by atoms with Crippen LogP contribution in [0.15, 0.2) is 43.0 Å². The van der Waals surface area contributed by atoms with Gasteiger partial charge < -0.3 is 19.9 Å². The van der Waals surface area contributed by atoms with E-state index in [1.807, 2.05) is 7.05 Å². The molecule has 2 N–H and O–H groups in total. The van der Waals surface area contributed by atoms with Gasteiger partial charge in [-0.25, -0.2) is 14.5 Å². The maximum Gasteiger partial charge on any atom is 0.416 e. The van der Waals surface area contributed by atoms with Crippen molar-refractivity contribution in [3.63, 3.8) is 0 Å². The molecule has 0 saturated carbocycles. The molecule has 208 valence electrons. The van der Waals surface area contributed by atoms with Crippen molar-refractivity contribution >= 4 is 45.7 Å². The van der Waals surface area contributed by atoms with Gasteiger partial charge in [-0.15, -0.1) is 0 Å². The third kappa shape index (κ3) is 4.54. The molecule has 40 heavy (non-hydrogen) atoms. The molecule has 1 unspecified atom stereocenters. The molecule has 4 aromatic heterocycles. The summed E-state index contributed by atoms with van der Waals surface area (Å²) in [5, 5.41) is 10.6. The minimum Gasteiger partial charge on any atom is -0.450 e. The number of anilines is 3. The summed E-state index contributed by atoms with van der Waals surface area (Å²) in [4.78, 5) is 15.2. The average molecular weight is 572 g/mol. The fourth-order valence-corrected chi connectivity index (χ4v) is 5.43. The van der Waals surface area contributed by atoms with Gasteiger partial charge in [0.05, 0.1) is 18.0 Å². The van der Waals surface area contributed by atoms with E-state index in [9.17, 15) is 13.2 Å². The van der Waals surface area contributed by atoms with Gasteiger partial charge in [-0.05, 0) is 50.2 Å². The molecule has 1 aromatic carbocycles. The molecule has 0 radical (unpaired) electrons.